The van der Waals surface area contributed by atoms with E-state index in [9.17, 15) is 13.2 Å². The summed E-state index contributed by atoms with van der Waals surface area (Å²) in [5.74, 6) is 0. The number of anilines is 1. The Kier molecular flexibility index (Phi) is 5.13. The molecular formula is C20H20F3N3. The van der Waals surface area contributed by atoms with Crippen molar-refractivity contribution >= 4 is 16.6 Å². The Labute approximate surface area is 150 Å². The van der Waals surface area contributed by atoms with Crippen LogP contribution in [-0.2, 0) is 6.18 Å². The van der Waals surface area contributed by atoms with Crippen molar-refractivity contribution in [2.75, 3.05) is 26.0 Å². The fourth-order valence-corrected chi connectivity index (χ4v) is 2.95. The van der Waals surface area contributed by atoms with Gasteiger partial charge in [0.1, 0.15) is 5.69 Å². The van der Waals surface area contributed by atoms with Crippen LogP contribution in [0, 0.1) is 0 Å². The molecule has 0 aliphatic rings. The molecule has 26 heavy (non-hydrogen) atoms. The number of para-hydroxylation sites is 1. The van der Waals surface area contributed by atoms with Crippen LogP contribution in [-0.4, -0.2) is 30.5 Å². The highest BCUT2D eigenvalue weighted by Gasteiger charge is 2.33. The molecule has 0 fully saturated rings. The molecular weight excluding hydrogens is 339 g/mol. The van der Waals surface area contributed by atoms with Gasteiger partial charge in [0.25, 0.3) is 0 Å². The van der Waals surface area contributed by atoms with E-state index < -0.39 is 11.9 Å². The third-order valence-corrected chi connectivity index (χ3v) is 4.30. The van der Waals surface area contributed by atoms with E-state index in [2.05, 4.69) is 10.3 Å². The summed E-state index contributed by atoms with van der Waals surface area (Å²) < 4.78 is 39.6. The molecule has 1 heterocycles. The minimum absolute atomic E-state index is 0.0254. The number of hydrogen-bond acceptors (Lipinski definition) is 3. The highest BCUT2D eigenvalue weighted by atomic mass is 19.4. The van der Waals surface area contributed by atoms with Crippen molar-refractivity contribution < 1.29 is 13.2 Å². The van der Waals surface area contributed by atoms with Crippen LogP contribution in [0.4, 0.5) is 18.9 Å². The smallest absolute Gasteiger partial charge is 0.383 e. The molecule has 0 saturated carbocycles. The zero-order valence-electron chi connectivity index (χ0n) is 14.6. The molecule has 0 bridgehead atoms. The molecule has 0 spiro atoms. The Bertz CT molecular complexity index is 876. The van der Waals surface area contributed by atoms with E-state index >= 15 is 0 Å². The Balaban J connectivity index is 1.94. The highest BCUT2D eigenvalue weighted by Crippen LogP contribution is 2.33. The standard InChI is InChI=1S/C20H20F3N3/c1-26(2)18(14-8-4-3-5-9-14)13-24-17-12-19(20(21,22)23)25-16-11-7-6-10-15(16)17/h3-12,18H,13H2,1-2H3,(H,24,25). The van der Waals surface area contributed by atoms with Gasteiger partial charge in [-0.25, -0.2) is 4.98 Å². The van der Waals surface area contributed by atoms with Gasteiger partial charge in [0.2, 0.25) is 0 Å². The molecule has 3 aromatic rings. The third kappa shape index (κ3) is 3.96. The molecule has 1 N–H and O–H groups in total. The highest BCUT2D eigenvalue weighted by molar-refractivity contribution is 5.91. The molecule has 1 unspecified atom stereocenters. The number of nitrogens with one attached hydrogen (secondary N) is 1. The SMILES string of the molecule is CN(C)C(CNc1cc(C(F)(F)F)nc2ccccc12)c1ccccc1. The molecule has 0 saturated heterocycles. The van der Waals surface area contributed by atoms with E-state index in [0.717, 1.165) is 11.6 Å². The second-order valence-corrected chi connectivity index (χ2v) is 6.34. The van der Waals surface area contributed by atoms with E-state index in [-0.39, 0.29) is 6.04 Å². The van der Waals surface area contributed by atoms with Crippen LogP contribution in [0.15, 0.2) is 60.7 Å². The van der Waals surface area contributed by atoms with E-state index in [0.29, 0.717) is 23.1 Å². The lowest BCUT2D eigenvalue weighted by Gasteiger charge is -2.26. The Hall–Kier alpha value is -2.60. The van der Waals surface area contributed by atoms with Gasteiger partial charge < -0.3 is 10.2 Å². The zero-order valence-corrected chi connectivity index (χ0v) is 14.6. The Morgan fingerprint density at radius 2 is 1.65 bits per heavy atom. The van der Waals surface area contributed by atoms with Gasteiger partial charge in [-0.15, -0.1) is 0 Å². The number of hydrogen-bond donors (Lipinski definition) is 1. The fourth-order valence-electron chi connectivity index (χ4n) is 2.95. The van der Waals surface area contributed by atoms with Gasteiger partial charge in [-0.1, -0.05) is 48.5 Å². The van der Waals surface area contributed by atoms with Gasteiger partial charge in [-0.3, -0.25) is 0 Å². The first kappa shape index (κ1) is 18.2. The minimum Gasteiger partial charge on any atom is -0.383 e. The molecule has 0 radical (unpaired) electrons. The van der Waals surface area contributed by atoms with Gasteiger partial charge in [-0.05, 0) is 31.8 Å². The lowest BCUT2D eigenvalue weighted by atomic mass is 10.1. The zero-order chi connectivity index (χ0) is 18.7. The molecule has 136 valence electrons. The predicted molar refractivity (Wildman–Crippen MR) is 98.1 cm³/mol. The molecule has 2 aromatic carbocycles. The first-order chi connectivity index (χ1) is 12.4. The number of likely N-dealkylation sites (N-methyl/N-ethyl adjacent to an activating group) is 1. The van der Waals surface area contributed by atoms with Crippen LogP contribution in [0.2, 0.25) is 0 Å². The number of halogens is 3. The summed E-state index contributed by atoms with van der Waals surface area (Å²) in [6, 6.07) is 17.8. The van der Waals surface area contributed by atoms with E-state index in [1.807, 2.05) is 49.3 Å². The molecule has 0 amide bonds. The first-order valence-corrected chi connectivity index (χ1v) is 8.28. The summed E-state index contributed by atoms with van der Waals surface area (Å²) in [6.45, 7) is 0.475. The van der Waals surface area contributed by atoms with Gasteiger partial charge >= 0.3 is 6.18 Å². The maximum absolute atomic E-state index is 13.2. The summed E-state index contributed by atoms with van der Waals surface area (Å²) in [6.07, 6.45) is -4.49. The van der Waals surface area contributed by atoms with Gasteiger partial charge in [-0.2, -0.15) is 13.2 Å². The van der Waals surface area contributed by atoms with E-state index in [1.54, 1.807) is 24.3 Å². The van der Waals surface area contributed by atoms with Crippen LogP contribution >= 0.6 is 0 Å². The normalized spacial score (nSPS) is 13.2. The number of alkyl halides is 3. The van der Waals surface area contributed by atoms with Crippen LogP contribution in [0.1, 0.15) is 17.3 Å². The Morgan fingerprint density at radius 1 is 1.00 bits per heavy atom. The van der Waals surface area contributed by atoms with Crippen molar-refractivity contribution in [3.8, 4) is 0 Å². The summed E-state index contributed by atoms with van der Waals surface area (Å²) in [4.78, 5) is 5.79. The fraction of sp³-hybridized carbons (Fsp3) is 0.250. The number of nitrogens with zero attached hydrogens (tertiary/aromatic N) is 2. The summed E-state index contributed by atoms with van der Waals surface area (Å²) in [5.41, 5.74) is 0.968. The van der Waals surface area contributed by atoms with Gasteiger partial charge in [0.05, 0.1) is 11.6 Å². The van der Waals surface area contributed by atoms with Gasteiger partial charge in [0.15, 0.2) is 0 Å². The quantitative estimate of drug-likeness (QED) is 0.697. The second kappa shape index (κ2) is 7.33. The number of fused-ring (bicyclic) bond motifs is 1. The lowest BCUT2D eigenvalue weighted by molar-refractivity contribution is -0.140. The van der Waals surface area contributed by atoms with Crippen LogP contribution < -0.4 is 5.32 Å². The maximum atomic E-state index is 13.2. The lowest BCUT2D eigenvalue weighted by Crippen LogP contribution is -2.27. The van der Waals surface area contributed by atoms with Crippen LogP contribution in [0.25, 0.3) is 10.9 Å². The topological polar surface area (TPSA) is 28.2 Å². The minimum atomic E-state index is -4.49. The predicted octanol–water partition coefficient (Wildman–Crippen LogP) is 4.97. The molecule has 1 aromatic heterocycles. The average molecular weight is 359 g/mol. The summed E-state index contributed by atoms with van der Waals surface area (Å²) >= 11 is 0. The molecule has 3 nitrogen and oxygen atoms in total. The van der Waals surface area contributed by atoms with Crippen LogP contribution in [0.3, 0.4) is 0 Å². The molecule has 6 heteroatoms. The number of aromatic nitrogens is 1. The van der Waals surface area contributed by atoms with Crippen molar-refractivity contribution in [3.63, 3.8) is 0 Å². The number of pyridine rings is 1. The monoisotopic (exact) mass is 359 g/mol. The Morgan fingerprint density at radius 3 is 2.31 bits per heavy atom. The van der Waals surface area contributed by atoms with Crippen molar-refractivity contribution in [1.82, 2.24) is 9.88 Å². The molecule has 3 rings (SSSR count). The van der Waals surface area contributed by atoms with E-state index in [4.69, 9.17) is 0 Å². The number of rotatable bonds is 5. The second-order valence-electron chi connectivity index (χ2n) is 6.34. The van der Waals surface area contributed by atoms with Crippen molar-refractivity contribution in [1.29, 1.82) is 0 Å². The summed E-state index contributed by atoms with van der Waals surface area (Å²) in [5, 5.41) is 3.87. The van der Waals surface area contributed by atoms with Gasteiger partial charge in [0, 0.05) is 17.6 Å². The largest absolute Gasteiger partial charge is 0.433 e. The van der Waals surface area contributed by atoms with E-state index in [1.165, 1.54) is 0 Å². The molecule has 0 aliphatic heterocycles. The first-order valence-electron chi connectivity index (χ1n) is 8.28. The van der Waals surface area contributed by atoms with Crippen molar-refractivity contribution in [2.24, 2.45) is 0 Å². The maximum Gasteiger partial charge on any atom is 0.433 e. The summed E-state index contributed by atoms with van der Waals surface area (Å²) in [7, 11) is 3.90. The third-order valence-electron chi connectivity index (χ3n) is 4.30. The molecule has 1 atom stereocenters. The average Bonchev–Trinajstić information content (AvgIpc) is 2.61. The van der Waals surface area contributed by atoms with Crippen molar-refractivity contribution in [3.05, 3.63) is 71.9 Å². The molecule has 0 aliphatic carbocycles. The van der Waals surface area contributed by atoms with Crippen LogP contribution in [0.5, 0.6) is 0 Å². The van der Waals surface area contributed by atoms with Crippen molar-refractivity contribution in [2.45, 2.75) is 12.2 Å². The number of benzene rings is 2.